The number of hydrogen-bond donors (Lipinski definition) is 0. The maximum atomic E-state index is 12.6. The third-order valence-electron chi connectivity index (χ3n) is 1.26. The van der Waals surface area contributed by atoms with Gasteiger partial charge in [0.05, 0.1) is 10.6 Å². The van der Waals surface area contributed by atoms with E-state index in [0.717, 1.165) is 0 Å². The SMILES string of the molecule is Fc1cc(F)c(C(F)F)c(Cl)c1. The van der Waals surface area contributed by atoms with E-state index in [1.807, 2.05) is 0 Å². The molecule has 0 radical (unpaired) electrons. The maximum absolute atomic E-state index is 12.6. The Labute approximate surface area is 70.8 Å². The molecular formula is C7H3ClF4. The molecule has 0 nitrogen and oxygen atoms in total. The molecule has 0 saturated carbocycles. The highest BCUT2D eigenvalue weighted by atomic mass is 35.5. The molecule has 0 aliphatic carbocycles. The minimum atomic E-state index is -3.03. The Kier molecular flexibility index (Phi) is 2.57. The van der Waals surface area contributed by atoms with Crippen molar-refractivity contribution in [3.8, 4) is 0 Å². The van der Waals surface area contributed by atoms with Gasteiger partial charge in [0, 0.05) is 6.07 Å². The van der Waals surface area contributed by atoms with Crippen molar-refractivity contribution >= 4 is 11.6 Å². The minimum absolute atomic E-state index is 0.368. The molecule has 0 aromatic heterocycles. The first-order valence-electron chi connectivity index (χ1n) is 2.95. The lowest BCUT2D eigenvalue weighted by molar-refractivity contribution is 0.146. The largest absolute Gasteiger partial charge is 0.268 e. The number of hydrogen-bond acceptors (Lipinski definition) is 0. The van der Waals surface area contributed by atoms with Gasteiger partial charge in [-0.05, 0) is 6.07 Å². The Morgan fingerprint density at radius 2 is 1.75 bits per heavy atom. The highest BCUT2D eigenvalue weighted by Gasteiger charge is 2.18. The fraction of sp³-hybridized carbons (Fsp3) is 0.143. The van der Waals surface area contributed by atoms with Crippen LogP contribution in [0.2, 0.25) is 5.02 Å². The van der Waals surface area contributed by atoms with Crippen molar-refractivity contribution < 1.29 is 17.6 Å². The summed E-state index contributed by atoms with van der Waals surface area (Å²) in [5.74, 6) is -2.29. The molecule has 1 rings (SSSR count). The van der Waals surface area contributed by atoms with Crippen LogP contribution < -0.4 is 0 Å². The number of halogens is 5. The van der Waals surface area contributed by atoms with Gasteiger partial charge >= 0.3 is 0 Å². The Hall–Kier alpha value is -0.770. The van der Waals surface area contributed by atoms with Crippen molar-refractivity contribution in [3.63, 3.8) is 0 Å². The van der Waals surface area contributed by atoms with Gasteiger partial charge in [0.15, 0.2) is 0 Å². The summed E-state index contributed by atoms with van der Waals surface area (Å²) in [6.07, 6.45) is -3.03. The van der Waals surface area contributed by atoms with Gasteiger partial charge in [-0.3, -0.25) is 0 Å². The zero-order chi connectivity index (χ0) is 9.30. The fourth-order valence-electron chi connectivity index (χ4n) is 0.762. The summed E-state index contributed by atoms with van der Waals surface area (Å²) < 4.78 is 48.8. The van der Waals surface area contributed by atoms with Gasteiger partial charge in [0.2, 0.25) is 0 Å². The predicted molar refractivity (Wildman–Crippen MR) is 36.3 cm³/mol. The van der Waals surface area contributed by atoms with Gasteiger partial charge in [-0.25, -0.2) is 17.6 Å². The molecule has 0 aliphatic heterocycles. The van der Waals surface area contributed by atoms with E-state index in [9.17, 15) is 17.6 Å². The fourth-order valence-corrected chi connectivity index (χ4v) is 1.04. The van der Waals surface area contributed by atoms with E-state index in [4.69, 9.17) is 11.6 Å². The van der Waals surface area contributed by atoms with E-state index in [1.54, 1.807) is 0 Å². The van der Waals surface area contributed by atoms with Crippen LogP contribution in [0.5, 0.6) is 0 Å². The highest BCUT2D eigenvalue weighted by molar-refractivity contribution is 6.31. The molecule has 12 heavy (non-hydrogen) atoms. The van der Waals surface area contributed by atoms with Crippen molar-refractivity contribution in [2.24, 2.45) is 0 Å². The van der Waals surface area contributed by atoms with E-state index in [1.165, 1.54) is 0 Å². The summed E-state index contributed by atoms with van der Waals surface area (Å²) >= 11 is 5.17. The van der Waals surface area contributed by atoms with Crippen LogP contribution >= 0.6 is 11.6 Å². The minimum Gasteiger partial charge on any atom is -0.207 e. The second-order valence-electron chi connectivity index (χ2n) is 2.08. The first kappa shape index (κ1) is 9.32. The molecule has 1 aromatic rings. The smallest absolute Gasteiger partial charge is 0.207 e. The Morgan fingerprint density at radius 1 is 1.17 bits per heavy atom. The first-order valence-corrected chi connectivity index (χ1v) is 3.32. The molecule has 66 valence electrons. The number of benzene rings is 1. The van der Waals surface area contributed by atoms with Gasteiger partial charge < -0.3 is 0 Å². The topological polar surface area (TPSA) is 0 Å². The Balaban J connectivity index is 3.28. The molecule has 0 heterocycles. The van der Waals surface area contributed by atoms with Gasteiger partial charge in [0.25, 0.3) is 6.43 Å². The van der Waals surface area contributed by atoms with Crippen molar-refractivity contribution in [2.75, 3.05) is 0 Å². The van der Waals surface area contributed by atoms with Gasteiger partial charge in [-0.1, -0.05) is 11.6 Å². The molecule has 0 saturated heterocycles. The van der Waals surface area contributed by atoms with E-state index >= 15 is 0 Å². The molecule has 0 atom stereocenters. The van der Waals surface area contributed by atoms with Crippen LogP contribution in [0.1, 0.15) is 12.0 Å². The van der Waals surface area contributed by atoms with Crippen LogP contribution in [-0.4, -0.2) is 0 Å². The highest BCUT2D eigenvalue weighted by Crippen LogP contribution is 2.29. The summed E-state index contributed by atoms with van der Waals surface area (Å²) in [6.45, 7) is 0. The second kappa shape index (κ2) is 3.31. The number of rotatable bonds is 1. The van der Waals surface area contributed by atoms with Gasteiger partial charge in [-0.2, -0.15) is 0 Å². The molecule has 0 fully saturated rings. The van der Waals surface area contributed by atoms with Crippen molar-refractivity contribution in [1.29, 1.82) is 0 Å². The molecule has 5 heteroatoms. The van der Waals surface area contributed by atoms with Gasteiger partial charge in [0.1, 0.15) is 11.6 Å². The molecule has 0 unspecified atom stereocenters. The standard InChI is InChI=1S/C7H3ClF4/c8-4-1-3(9)2-5(10)6(4)7(11)12/h1-2,7H. The molecule has 0 amide bonds. The monoisotopic (exact) mass is 198 g/mol. The van der Waals surface area contributed by atoms with E-state index in [-0.39, 0.29) is 0 Å². The van der Waals surface area contributed by atoms with Crippen LogP contribution in [0.15, 0.2) is 12.1 Å². The molecular weight excluding hydrogens is 196 g/mol. The van der Waals surface area contributed by atoms with Crippen molar-refractivity contribution in [3.05, 3.63) is 34.4 Å². The zero-order valence-corrected chi connectivity index (χ0v) is 6.38. The number of alkyl halides is 2. The average Bonchev–Trinajstić information content (AvgIpc) is 1.82. The lowest BCUT2D eigenvalue weighted by Gasteiger charge is -2.03. The predicted octanol–water partition coefficient (Wildman–Crippen LogP) is 3.56. The van der Waals surface area contributed by atoms with Crippen LogP contribution in [0.3, 0.4) is 0 Å². The summed E-state index contributed by atoms with van der Waals surface area (Å²) in [5.41, 5.74) is -0.960. The van der Waals surface area contributed by atoms with Crippen LogP contribution in [0.4, 0.5) is 17.6 Å². The quantitative estimate of drug-likeness (QED) is 0.606. The second-order valence-corrected chi connectivity index (χ2v) is 2.49. The molecule has 1 aromatic carbocycles. The van der Waals surface area contributed by atoms with E-state index in [2.05, 4.69) is 0 Å². The Bertz CT molecular complexity index is 274. The third-order valence-corrected chi connectivity index (χ3v) is 1.57. The molecule has 0 bridgehead atoms. The normalized spacial score (nSPS) is 10.8. The summed E-state index contributed by atoms with van der Waals surface area (Å²) in [6, 6.07) is 1.01. The van der Waals surface area contributed by atoms with Gasteiger partial charge in [-0.15, -0.1) is 0 Å². The maximum Gasteiger partial charge on any atom is 0.268 e. The van der Waals surface area contributed by atoms with Crippen LogP contribution in [0.25, 0.3) is 0 Å². The van der Waals surface area contributed by atoms with Crippen molar-refractivity contribution in [1.82, 2.24) is 0 Å². The third kappa shape index (κ3) is 1.69. The summed E-state index contributed by atoms with van der Waals surface area (Å²) in [5, 5.41) is -0.595. The van der Waals surface area contributed by atoms with E-state index < -0.39 is 28.6 Å². The zero-order valence-electron chi connectivity index (χ0n) is 5.62. The summed E-state index contributed by atoms with van der Waals surface area (Å²) in [4.78, 5) is 0. The summed E-state index contributed by atoms with van der Waals surface area (Å²) in [7, 11) is 0. The Morgan fingerprint density at radius 3 is 2.17 bits per heavy atom. The van der Waals surface area contributed by atoms with Crippen molar-refractivity contribution in [2.45, 2.75) is 6.43 Å². The molecule has 0 aliphatic rings. The molecule has 0 N–H and O–H groups in total. The molecule has 0 spiro atoms. The average molecular weight is 199 g/mol. The van der Waals surface area contributed by atoms with Crippen LogP contribution in [-0.2, 0) is 0 Å². The van der Waals surface area contributed by atoms with E-state index in [0.29, 0.717) is 12.1 Å². The van der Waals surface area contributed by atoms with Crippen LogP contribution in [0, 0.1) is 11.6 Å². The first-order chi connectivity index (χ1) is 5.52. The lowest BCUT2D eigenvalue weighted by atomic mass is 10.2. The lowest BCUT2D eigenvalue weighted by Crippen LogP contribution is -1.93.